The first kappa shape index (κ1) is 20.6. The Kier molecular flexibility index (Phi) is 7.84. The smallest absolute Gasteiger partial charge is 0.288 e. The van der Waals surface area contributed by atoms with Gasteiger partial charge in [0, 0.05) is 16.9 Å². The van der Waals surface area contributed by atoms with Crippen LogP contribution in [-0.2, 0) is 9.59 Å². The Morgan fingerprint density at radius 1 is 1.23 bits per heavy atom. The van der Waals surface area contributed by atoms with E-state index in [1.807, 2.05) is 18.7 Å². The SMILES string of the molecule is CC(C)NC(=O)C1CCN(CC(=O)Nc2ccccc2SC(F)F)CC1. The Morgan fingerprint density at radius 2 is 1.88 bits per heavy atom. The molecule has 0 aromatic heterocycles. The highest BCUT2D eigenvalue weighted by Gasteiger charge is 2.26. The number of alkyl halides is 2. The van der Waals surface area contributed by atoms with E-state index in [4.69, 9.17) is 0 Å². The minimum Gasteiger partial charge on any atom is -0.354 e. The Morgan fingerprint density at radius 3 is 2.50 bits per heavy atom. The van der Waals surface area contributed by atoms with E-state index in [1.54, 1.807) is 24.3 Å². The van der Waals surface area contributed by atoms with Gasteiger partial charge in [-0.25, -0.2) is 0 Å². The van der Waals surface area contributed by atoms with Crippen molar-refractivity contribution in [1.29, 1.82) is 0 Å². The molecular weight excluding hydrogens is 360 g/mol. The zero-order valence-electron chi connectivity index (χ0n) is 15.0. The maximum absolute atomic E-state index is 12.6. The van der Waals surface area contributed by atoms with Gasteiger partial charge in [-0.05, 0) is 51.9 Å². The molecule has 1 aliphatic rings. The predicted octanol–water partition coefficient (Wildman–Crippen LogP) is 3.18. The molecule has 0 spiro atoms. The fraction of sp³-hybridized carbons (Fsp3) is 0.556. The van der Waals surface area contributed by atoms with Crippen molar-refractivity contribution in [2.24, 2.45) is 5.92 Å². The minimum atomic E-state index is -2.54. The molecule has 8 heteroatoms. The summed E-state index contributed by atoms with van der Waals surface area (Å²) in [6.45, 7) is 5.38. The van der Waals surface area contributed by atoms with Crippen molar-refractivity contribution in [2.45, 2.75) is 43.4 Å². The number of nitrogens with zero attached hydrogens (tertiary/aromatic N) is 1. The topological polar surface area (TPSA) is 61.4 Å². The summed E-state index contributed by atoms with van der Waals surface area (Å²) in [7, 11) is 0. The van der Waals surface area contributed by atoms with E-state index in [1.165, 1.54) is 0 Å². The first-order valence-corrected chi connectivity index (χ1v) is 9.59. The van der Waals surface area contributed by atoms with Gasteiger partial charge in [0.15, 0.2) is 0 Å². The number of hydrogen-bond donors (Lipinski definition) is 2. The molecule has 1 aliphatic heterocycles. The van der Waals surface area contributed by atoms with E-state index in [0.29, 0.717) is 48.3 Å². The summed E-state index contributed by atoms with van der Waals surface area (Å²) in [5.41, 5.74) is 0.397. The van der Waals surface area contributed by atoms with Crippen LogP contribution in [0.15, 0.2) is 29.2 Å². The van der Waals surface area contributed by atoms with E-state index in [9.17, 15) is 18.4 Å². The van der Waals surface area contributed by atoms with Crippen LogP contribution in [0.5, 0.6) is 0 Å². The number of rotatable bonds is 7. The fourth-order valence-electron chi connectivity index (χ4n) is 2.92. The summed E-state index contributed by atoms with van der Waals surface area (Å²) >= 11 is 0.415. The molecule has 0 bridgehead atoms. The molecule has 0 unspecified atom stereocenters. The van der Waals surface area contributed by atoms with Crippen molar-refractivity contribution in [1.82, 2.24) is 10.2 Å². The number of thioether (sulfide) groups is 1. The third kappa shape index (κ3) is 6.57. The van der Waals surface area contributed by atoms with Gasteiger partial charge < -0.3 is 10.6 Å². The molecule has 2 amide bonds. The lowest BCUT2D eigenvalue weighted by atomic mass is 9.95. The molecule has 1 saturated heterocycles. The van der Waals surface area contributed by atoms with Crippen molar-refractivity contribution in [3.8, 4) is 0 Å². The Hall–Kier alpha value is -1.67. The van der Waals surface area contributed by atoms with Gasteiger partial charge in [-0.2, -0.15) is 8.78 Å². The van der Waals surface area contributed by atoms with Gasteiger partial charge in [0.05, 0.1) is 12.2 Å². The Bertz CT molecular complexity index is 620. The second-order valence-corrected chi connectivity index (χ2v) is 7.67. The summed E-state index contributed by atoms with van der Waals surface area (Å²) in [6.07, 6.45) is 1.42. The number of para-hydroxylation sites is 1. The fourth-order valence-corrected chi connectivity index (χ4v) is 3.51. The number of anilines is 1. The Balaban J connectivity index is 1.82. The van der Waals surface area contributed by atoms with Crippen molar-refractivity contribution in [3.63, 3.8) is 0 Å². The van der Waals surface area contributed by atoms with Gasteiger partial charge in [-0.15, -0.1) is 0 Å². The Labute approximate surface area is 156 Å². The normalized spacial score (nSPS) is 16.1. The van der Waals surface area contributed by atoms with Crippen LogP contribution in [0.4, 0.5) is 14.5 Å². The molecule has 0 radical (unpaired) electrons. The van der Waals surface area contributed by atoms with E-state index >= 15 is 0 Å². The van der Waals surface area contributed by atoms with Gasteiger partial charge in [-0.3, -0.25) is 14.5 Å². The molecule has 2 rings (SSSR count). The minimum absolute atomic E-state index is 0.0140. The third-order valence-corrected chi connectivity index (χ3v) is 4.92. The number of carbonyl (C=O) groups excluding carboxylic acids is 2. The van der Waals surface area contributed by atoms with Crippen LogP contribution in [0, 0.1) is 5.92 Å². The highest BCUT2D eigenvalue weighted by molar-refractivity contribution is 7.99. The second-order valence-electron chi connectivity index (χ2n) is 6.64. The highest BCUT2D eigenvalue weighted by Crippen LogP contribution is 2.31. The van der Waals surface area contributed by atoms with Crippen molar-refractivity contribution >= 4 is 29.3 Å². The lowest BCUT2D eigenvalue weighted by Crippen LogP contribution is -2.44. The summed E-state index contributed by atoms with van der Waals surface area (Å²) in [4.78, 5) is 26.6. The van der Waals surface area contributed by atoms with Gasteiger partial charge >= 0.3 is 0 Å². The largest absolute Gasteiger partial charge is 0.354 e. The zero-order chi connectivity index (χ0) is 19.1. The molecule has 144 valence electrons. The average Bonchev–Trinajstić information content (AvgIpc) is 2.56. The van der Waals surface area contributed by atoms with Gasteiger partial charge in [0.2, 0.25) is 11.8 Å². The first-order valence-electron chi connectivity index (χ1n) is 8.71. The van der Waals surface area contributed by atoms with Crippen LogP contribution >= 0.6 is 11.8 Å². The molecule has 1 fully saturated rings. The molecule has 5 nitrogen and oxygen atoms in total. The standard InChI is InChI=1S/C18H25F2N3O2S/c1-12(2)21-17(25)13-7-9-23(10-8-13)11-16(24)22-14-5-3-4-6-15(14)26-18(19)20/h3-6,12-13,18H,7-11H2,1-2H3,(H,21,25)(H,22,24). The highest BCUT2D eigenvalue weighted by atomic mass is 32.2. The number of nitrogens with one attached hydrogen (secondary N) is 2. The number of carbonyl (C=O) groups is 2. The molecule has 1 heterocycles. The number of amides is 2. The second kappa shape index (κ2) is 9.87. The zero-order valence-corrected chi connectivity index (χ0v) is 15.8. The van der Waals surface area contributed by atoms with Gasteiger partial charge in [0.1, 0.15) is 0 Å². The van der Waals surface area contributed by atoms with E-state index in [0.717, 1.165) is 0 Å². The summed E-state index contributed by atoms with van der Waals surface area (Å²) in [5.74, 6) is -2.72. The van der Waals surface area contributed by atoms with Crippen molar-refractivity contribution in [3.05, 3.63) is 24.3 Å². The van der Waals surface area contributed by atoms with Crippen LogP contribution in [0.25, 0.3) is 0 Å². The van der Waals surface area contributed by atoms with Crippen LogP contribution in [0.1, 0.15) is 26.7 Å². The quantitative estimate of drug-likeness (QED) is 0.708. The number of benzene rings is 1. The molecule has 0 atom stereocenters. The van der Waals surface area contributed by atoms with E-state index in [-0.39, 0.29) is 30.3 Å². The molecule has 1 aromatic carbocycles. The molecule has 0 aliphatic carbocycles. The van der Waals surface area contributed by atoms with Gasteiger partial charge in [-0.1, -0.05) is 23.9 Å². The molecule has 2 N–H and O–H groups in total. The number of piperidine rings is 1. The lowest BCUT2D eigenvalue weighted by Gasteiger charge is -2.31. The molecule has 1 aromatic rings. The summed E-state index contributed by atoms with van der Waals surface area (Å²) in [6, 6.07) is 6.66. The maximum Gasteiger partial charge on any atom is 0.288 e. The van der Waals surface area contributed by atoms with E-state index in [2.05, 4.69) is 10.6 Å². The predicted molar refractivity (Wildman–Crippen MR) is 99.4 cm³/mol. The number of hydrogen-bond acceptors (Lipinski definition) is 4. The average molecular weight is 385 g/mol. The summed E-state index contributed by atoms with van der Waals surface area (Å²) in [5, 5.41) is 5.63. The first-order chi connectivity index (χ1) is 12.3. The summed E-state index contributed by atoms with van der Waals surface area (Å²) < 4.78 is 25.2. The third-order valence-electron chi connectivity index (χ3n) is 4.13. The van der Waals surface area contributed by atoms with E-state index < -0.39 is 5.76 Å². The van der Waals surface area contributed by atoms with Crippen LogP contribution in [0.2, 0.25) is 0 Å². The molecule has 26 heavy (non-hydrogen) atoms. The number of halogens is 2. The monoisotopic (exact) mass is 385 g/mol. The van der Waals surface area contributed by atoms with Crippen molar-refractivity contribution in [2.75, 3.05) is 25.0 Å². The van der Waals surface area contributed by atoms with Crippen LogP contribution < -0.4 is 10.6 Å². The van der Waals surface area contributed by atoms with Crippen LogP contribution in [0.3, 0.4) is 0 Å². The molecular formula is C18H25F2N3O2S. The molecule has 0 saturated carbocycles. The number of likely N-dealkylation sites (tertiary alicyclic amines) is 1. The lowest BCUT2D eigenvalue weighted by molar-refractivity contribution is -0.127. The maximum atomic E-state index is 12.6. The van der Waals surface area contributed by atoms with Gasteiger partial charge in [0.25, 0.3) is 5.76 Å². The van der Waals surface area contributed by atoms with Crippen molar-refractivity contribution < 1.29 is 18.4 Å². The van der Waals surface area contributed by atoms with Crippen LogP contribution in [-0.4, -0.2) is 48.1 Å².